The molecule has 0 N–H and O–H groups in total. The van der Waals surface area contributed by atoms with Crippen LogP contribution in [0.1, 0.15) is 16.7 Å². The van der Waals surface area contributed by atoms with E-state index in [1.807, 2.05) is 32.0 Å². The molecule has 0 heterocycles. The Morgan fingerprint density at radius 2 is 2.00 bits per heavy atom. The van der Waals surface area contributed by atoms with Gasteiger partial charge >= 0.3 is 5.97 Å². The fourth-order valence-corrected chi connectivity index (χ4v) is 2.04. The lowest BCUT2D eigenvalue weighted by atomic mass is 10.1. The molecule has 0 aliphatic rings. The number of aryl methyl sites for hydroxylation is 1. The van der Waals surface area contributed by atoms with Crippen molar-refractivity contribution in [1.82, 2.24) is 0 Å². The Balaban J connectivity index is 1.99. The van der Waals surface area contributed by atoms with Gasteiger partial charge in [0.25, 0.3) is 0 Å². The van der Waals surface area contributed by atoms with Gasteiger partial charge < -0.3 is 9.47 Å². The van der Waals surface area contributed by atoms with Crippen LogP contribution in [0.25, 0.3) is 0 Å². The molecule has 2 aromatic carbocycles. The first-order chi connectivity index (χ1) is 10.5. The number of carbonyl (C=O) groups excluding carboxylic acids is 1. The third-order valence-corrected chi connectivity index (χ3v) is 3.48. The molecule has 0 aromatic heterocycles. The topological polar surface area (TPSA) is 59.3 Å². The molecule has 0 aliphatic carbocycles. The van der Waals surface area contributed by atoms with Crippen LogP contribution in [0, 0.1) is 25.2 Å². The average Bonchev–Trinajstić information content (AvgIpc) is 2.50. The molecule has 2 rings (SSSR count). The standard InChI is InChI=1S/C17H14ClNO3/c1-11-4-3-5-15(12(11)2)21-10-17(20)22-16-7-6-13(9-19)8-14(16)18/h3-8H,10H2,1-2H3. The molecule has 0 fully saturated rings. The summed E-state index contributed by atoms with van der Waals surface area (Å²) >= 11 is 5.95. The van der Waals surface area contributed by atoms with Crippen molar-refractivity contribution in [2.45, 2.75) is 13.8 Å². The highest BCUT2D eigenvalue weighted by Gasteiger charge is 2.11. The fourth-order valence-electron chi connectivity index (χ4n) is 1.82. The van der Waals surface area contributed by atoms with Crippen LogP contribution >= 0.6 is 11.6 Å². The first-order valence-corrected chi connectivity index (χ1v) is 6.98. The maximum atomic E-state index is 11.8. The lowest BCUT2D eigenvalue weighted by Gasteiger charge is -2.11. The van der Waals surface area contributed by atoms with Gasteiger partial charge in [0.15, 0.2) is 6.61 Å². The molecule has 0 aliphatic heterocycles. The number of carbonyl (C=O) groups is 1. The zero-order valence-electron chi connectivity index (χ0n) is 12.2. The molecule has 112 valence electrons. The van der Waals surface area contributed by atoms with E-state index < -0.39 is 5.97 Å². The summed E-state index contributed by atoms with van der Waals surface area (Å²) in [6, 6.07) is 12.0. The van der Waals surface area contributed by atoms with Crippen LogP contribution in [-0.4, -0.2) is 12.6 Å². The molecule has 5 heteroatoms. The number of ether oxygens (including phenoxy) is 2. The summed E-state index contributed by atoms with van der Waals surface area (Å²) in [4.78, 5) is 11.8. The largest absolute Gasteiger partial charge is 0.482 e. The van der Waals surface area contributed by atoms with Gasteiger partial charge in [-0.1, -0.05) is 23.7 Å². The van der Waals surface area contributed by atoms with Crippen LogP contribution in [-0.2, 0) is 4.79 Å². The van der Waals surface area contributed by atoms with Crippen LogP contribution in [0.15, 0.2) is 36.4 Å². The number of hydrogen-bond donors (Lipinski definition) is 0. The predicted octanol–water partition coefficient (Wildman–Crippen LogP) is 3.81. The van der Waals surface area contributed by atoms with Gasteiger partial charge in [0.05, 0.1) is 16.7 Å². The minimum Gasteiger partial charge on any atom is -0.482 e. The molecule has 0 spiro atoms. The number of halogens is 1. The van der Waals surface area contributed by atoms with Gasteiger partial charge in [0, 0.05) is 0 Å². The Labute approximate surface area is 133 Å². The number of rotatable bonds is 4. The minimum atomic E-state index is -0.562. The van der Waals surface area contributed by atoms with Crippen molar-refractivity contribution in [2.75, 3.05) is 6.61 Å². The molecule has 0 radical (unpaired) electrons. The quantitative estimate of drug-likeness (QED) is 0.636. The van der Waals surface area contributed by atoms with Crippen molar-refractivity contribution in [3.05, 3.63) is 58.1 Å². The predicted molar refractivity (Wildman–Crippen MR) is 83.2 cm³/mol. The van der Waals surface area contributed by atoms with E-state index in [1.54, 1.807) is 6.07 Å². The number of esters is 1. The first kappa shape index (κ1) is 15.9. The van der Waals surface area contributed by atoms with E-state index in [9.17, 15) is 4.79 Å². The molecule has 0 saturated heterocycles. The fraction of sp³-hybridized carbons (Fsp3) is 0.176. The molecular weight excluding hydrogens is 302 g/mol. The molecule has 0 saturated carbocycles. The molecule has 0 unspecified atom stereocenters. The van der Waals surface area contributed by atoms with E-state index in [1.165, 1.54) is 18.2 Å². The zero-order valence-corrected chi connectivity index (χ0v) is 13.0. The van der Waals surface area contributed by atoms with Crippen molar-refractivity contribution >= 4 is 17.6 Å². The Kier molecular flexibility index (Phi) is 5.03. The average molecular weight is 316 g/mol. The number of nitriles is 1. The summed E-state index contributed by atoms with van der Waals surface area (Å²) in [7, 11) is 0. The van der Waals surface area contributed by atoms with Gasteiger partial charge in [0.1, 0.15) is 11.5 Å². The normalized spacial score (nSPS) is 9.91. The molecule has 0 amide bonds. The Bertz CT molecular complexity index is 750. The molecule has 2 aromatic rings. The molecule has 0 bridgehead atoms. The van der Waals surface area contributed by atoms with E-state index in [-0.39, 0.29) is 17.4 Å². The highest BCUT2D eigenvalue weighted by Crippen LogP contribution is 2.25. The van der Waals surface area contributed by atoms with E-state index in [4.69, 9.17) is 26.3 Å². The Hall–Kier alpha value is -2.51. The third-order valence-electron chi connectivity index (χ3n) is 3.19. The maximum Gasteiger partial charge on any atom is 0.349 e. The summed E-state index contributed by atoms with van der Waals surface area (Å²) in [5.41, 5.74) is 2.46. The number of benzene rings is 2. The SMILES string of the molecule is Cc1cccc(OCC(=O)Oc2ccc(C#N)cc2Cl)c1C. The van der Waals surface area contributed by atoms with Gasteiger partial charge in [-0.2, -0.15) is 5.26 Å². The van der Waals surface area contributed by atoms with Crippen molar-refractivity contribution in [3.63, 3.8) is 0 Å². The summed E-state index contributed by atoms with van der Waals surface area (Å²) in [5, 5.41) is 8.96. The summed E-state index contributed by atoms with van der Waals surface area (Å²) in [6.45, 7) is 3.67. The van der Waals surface area contributed by atoms with E-state index in [0.29, 0.717) is 11.3 Å². The second-order valence-electron chi connectivity index (χ2n) is 4.72. The van der Waals surface area contributed by atoms with Crippen molar-refractivity contribution in [3.8, 4) is 17.6 Å². The number of nitrogens with zero attached hydrogens (tertiary/aromatic N) is 1. The Morgan fingerprint density at radius 3 is 2.68 bits per heavy atom. The molecule has 22 heavy (non-hydrogen) atoms. The van der Waals surface area contributed by atoms with Crippen LogP contribution in [0.3, 0.4) is 0 Å². The molecule has 4 nitrogen and oxygen atoms in total. The van der Waals surface area contributed by atoms with Crippen molar-refractivity contribution in [2.24, 2.45) is 0 Å². The first-order valence-electron chi connectivity index (χ1n) is 6.60. The van der Waals surface area contributed by atoms with Gasteiger partial charge in [-0.15, -0.1) is 0 Å². The van der Waals surface area contributed by atoms with E-state index in [2.05, 4.69) is 0 Å². The lowest BCUT2D eigenvalue weighted by Crippen LogP contribution is -2.18. The van der Waals surface area contributed by atoms with Gasteiger partial charge in [0.2, 0.25) is 0 Å². The Morgan fingerprint density at radius 1 is 1.23 bits per heavy atom. The van der Waals surface area contributed by atoms with E-state index in [0.717, 1.165) is 11.1 Å². The molecular formula is C17H14ClNO3. The maximum absolute atomic E-state index is 11.8. The van der Waals surface area contributed by atoms with Crippen LogP contribution < -0.4 is 9.47 Å². The summed E-state index contributed by atoms with van der Waals surface area (Å²) < 4.78 is 10.6. The minimum absolute atomic E-state index is 0.204. The second-order valence-corrected chi connectivity index (χ2v) is 5.12. The van der Waals surface area contributed by atoms with Gasteiger partial charge in [-0.25, -0.2) is 4.79 Å². The van der Waals surface area contributed by atoms with Gasteiger partial charge in [-0.05, 0) is 49.2 Å². The summed E-state index contributed by atoms with van der Waals surface area (Å²) in [6.07, 6.45) is 0. The van der Waals surface area contributed by atoms with Crippen LogP contribution in [0.5, 0.6) is 11.5 Å². The van der Waals surface area contributed by atoms with Crippen LogP contribution in [0.4, 0.5) is 0 Å². The van der Waals surface area contributed by atoms with Gasteiger partial charge in [-0.3, -0.25) is 0 Å². The zero-order chi connectivity index (χ0) is 16.1. The van der Waals surface area contributed by atoms with Crippen LogP contribution in [0.2, 0.25) is 5.02 Å². The molecule has 0 atom stereocenters. The highest BCUT2D eigenvalue weighted by atomic mass is 35.5. The van der Waals surface area contributed by atoms with Crippen molar-refractivity contribution in [1.29, 1.82) is 5.26 Å². The second kappa shape index (κ2) is 6.97. The lowest BCUT2D eigenvalue weighted by molar-refractivity contribution is -0.136. The van der Waals surface area contributed by atoms with Crippen molar-refractivity contribution < 1.29 is 14.3 Å². The number of hydrogen-bond acceptors (Lipinski definition) is 4. The monoisotopic (exact) mass is 315 g/mol. The summed E-state index contributed by atoms with van der Waals surface area (Å²) in [5.74, 6) is 0.283. The van der Waals surface area contributed by atoms with E-state index >= 15 is 0 Å². The third kappa shape index (κ3) is 3.78. The highest BCUT2D eigenvalue weighted by molar-refractivity contribution is 6.32. The smallest absolute Gasteiger partial charge is 0.349 e.